The molecule has 0 bridgehead atoms. The highest BCUT2D eigenvalue weighted by atomic mass is 19.2. The van der Waals surface area contributed by atoms with E-state index in [1.165, 1.54) is 11.6 Å². The molecule has 2 aromatic carbocycles. The number of carbonyl (C=O) groups excluding carboxylic acids is 1. The number of hydrogen-bond acceptors (Lipinski definition) is 2. The summed E-state index contributed by atoms with van der Waals surface area (Å²) in [5.41, 5.74) is 2.86. The Morgan fingerprint density at radius 1 is 0.840 bits per heavy atom. The molecule has 0 spiro atoms. The zero-order valence-corrected chi connectivity index (χ0v) is 13.9. The van der Waals surface area contributed by atoms with Gasteiger partial charge in [-0.3, -0.25) is 4.79 Å². The maximum absolute atomic E-state index is 13.4. The number of halogens is 2. The smallest absolute Gasteiger partial charge is 0.309 e. The van der Waals surface area contributed by atoms with Crippen molar-refractivity contribution in [1.82, 2.24) is 0 Å². The molecule has 1 atom stereocenters. The number of benzene rings is 2. The molecular weight excluding hydrogens is 322 g/mol. The second-order valence-corrected chi connectivity index (χ2v) is 7.10. The van der Waals surface area contributed by atoms with Gasteiger partial charge in [-0.15, -0.1) is 0 Å². The minimum absolute atomic E-state index is 0.0695. The first-order valence-electron chi connectivity index (χ1n) is 8.85. The van der Waals surface area contributed by atoms with E-state index in [0.29, 0.717) is 23.8 Å². The van der Waals surface area contributed by atoms with Crippen LogP contribution in [0.15, 0.2) is 42.5 Å². The molecule has 0 amide bonds. The minimum Gasteiger partial charge on any atom is -0.461 e. The van der Waals surface area contributed by atoms with Gasteiger partial charge in [-0.05, 0) is 66.3 Å². The van der Waals surface area contributed by atoms with Crippen molar-refractivity contribution in [3.05, 3.63) is 59.7 Å². The Morgan fingerprint density at radius 3 is 2.08 bits per heavy atom. The number of cyclic esters (lactones) is 1. The van der Waals surface area contributed by atoms with Crippen molar-refractivity contribution >= 4 is 5.97 Å². The maximum atomic E-state index is 13.4. The summed E-state index contributed by atoms with van der Waals surface area (Å²) in [5, 5.41) is 0. The Kier molecular flexibility index (Phi) is 4.28. The van der Waals surface area contributed by atoms with Crippen molar-refractivity contribution < 1.29 is 18.3 Å². The van der Waals surface area contributed by atoms with E-state index < -0.39 is 11.6 Å². The number of ether oxygens (including phenoxy) is 1. The van der Waals surface area contributed by atoms with E-state index in [1.807, 2.05) is 12.1 Å². The van der Waals surface area contributed by atoms with E-state index in [2.05, 4.69) is 12.1 Å². The van der Waals surface area contributed by atoms with Crippen LogP contribution in [0.5, 0.6) is 0 Å². The second kappa shape index (κ2) is 6.58. The van der Waals surface area contributed by atoms with Crippen LogP contribution >= 0.6 is 0 Å². The van der Waals surface area contributed by atoms with E-state index in [-0.39, 0.29) is 12.1 Å². The van der Waals surface area contributed by atoms with Crippen molar-refractivity contribution in [3.63, 3.8) is 0 Å². The predicted molar refractivity (Wildman–Crippen MR) is 91.0 cm³/mol. The van der Waals surface area contributed by atoms with Crippen molar-refractivity contribution in [2.75, 3.05) is 0 Å². The van der Waals surface area contributed by atoms with Crippen molar-refractivity contribution in [2.45, 2.75) is 44.1 Å². The molecule has 1 saturated heterocycles. The van der Waals surface area contributed by atoms with Gasteiger partial charge in [0.05, 0.1) is 6.42 Å². The number of rotatable bonds is 3. The third-order valence-corrected chi connectivity index (χ3v) is 5.58. The molecule has 1 unspecified atom stereocenters. The zero-order chi connectivity index (χ0) is 17.4. The lowest BCUT2D eigenvalue weighted by Crippen LogP contribution is -2.40. The fourth-order valence-electron chi connectivity index (χ4n) is 4.03. The Morgan fingerprint density at radius 2 is 1.48 bits per heavy atom. The molecule has 0 N–H and O–H groups in total. The molecular formula is C21H20F2O2. The molecule has 0 radical (unpaired) electrons. The van der Waals surface area contributed by atoms with Crippen LogP contribution < -0.4 is 0 Å². The summed E-state index contributed by atoms with van der Waals surface area (Å²) in [6.45, 7) is 0. The molecule has 2 aromatic rings. The molecule has 0 aromatic heterocycles. The Hall–Kier alpha value is -2.23. The maximum Gasteiger partial charge on any atom is 0.309 e. The van der Waals surface area contributed by atoms with E-state index in [4.69, 9.17) is 4.74 Å². The van der Waals surface area contributed by atoms with Crippen LogP contribution in [0, 0.1) is 17.6 Å². The van der Waals surface area contributed by atoms with Gasteiger partial charge in [0.15, 0.2) is 11.6 Å². The van der Waals surface area contributed by atoms with Gasteiger partial charge in [-0.1, -0.05) is 30.3 Å². The van der Waals surface area contributed by atoms with Gasteiger partial charge in [-0.2, -0.15) is 0 Å². The van der Waals surface area contributed by atoms with Crippen LogP contribution in [0.1, 0.15) is 43.6 Å². The first kappa shape index (κ1) is 16.2. The van der Waals surface area contributed by atoms with Gasteiger partial charge >= 0.3 is 5.97 Å². The van der Waals surface area contributed by atoms with Crippen molar-refractivity contribution in [2.24, 2.45) is 5.92 Å². The molecule has 1 aliphatic heterocycles. The summed E-state index contributed by atoms with van der Waals surface area (Å²) in [6.07, 6.45) is 5.11. The quantitative estimate of drug-likeness (QED) is 0.715. The fraction of sp³-hybridized carbons (Fsp3) is 0.381. The fourth-order valence-corrected chi connectivity index (χ4v) is 4.03. The topological polar surface area (TPSA) is 26.3 Å². The zero-order valence-electron chi connectivity index (χ0n) is 13.9. The van der Waals surface area contributed by atoms with Gasteiger partial charge < -0.3 is 4.74 Å². The molecule has 130 valence electrons. The summed E-state index contributed by atoms with van der Waals surface area (Å²) in [4.78, 5) is 11.0. The third kappa shape index (κ3) is 3.30. The number of hydrogen-bond donors (Lipinski definition) is 0. The lowest BCUT2D eigenvalue weighted by atomic mass is 9.75. The first-order valence-corrected chi connectivity index (χ1v) is 8.85. The van der Waals surface area contributed by atoms with E-state index >= 15 is 0 Å². The average Bonchev–Trinajstić information content (AvgIpc) is 2.62. The molecule has 1 aliphatic carbocycles. The van der Waals surface area contributed by atoms with Crippen LogP contribution in [-0.2, 0) is 9.53 Å². The molecule has 2 fully saturated rings. The minimum atomic E-state index is -0.825. The summed E-state index contributed by atoms with van der Waals surface area (Å²) in [7, 11) is 0. The van der Waals surface area contributed by atoms with Gasteiger partial charge in [0, 0.05) is 0 Å². The largest absolute Gasteiger partial charge is 0.461 e. The molecule has 2 nitrogen and oxygen atoms in total. The van der Waals surface area contributed by atoms with Gasteiger partial charge in [-0.25, -0.2) is 8.78 Å². The summed E-state index contributed by atoms with van der Waals surface area (Å²) in [5.74, 6) is -0.688. The van der Waals surface area contributed by atoms with Crippen LogP contribution in [0.25, 0.3) is 11.1 Å². The molecule has 25 heavy (non-hydrogen) atoms. The van der Waals surface area contributed by atoms with E-state index in [0.717, 1.165) is 37.3 Å². The summed E-state index contributed by atoms with van der Waals surface area (Å²) >= 11 is 0. The second-order valence-electron chi connectivity index (χ2n) is 7.10. The van der Waals surface area contributed by atoms with Crippen molar-refractivity contribution in [3.8, 4) is 11.1 Å². The third-order valence-electron chi connectivity index (χ3n) is 5.58. The SMILES string of the molecule is O=C1CC(C2CCC(c3ccc(-c4ccc(F)c(F)c4)cc3)CC2)O1. The lowest BCUT2D eigenvalue weighted by molar-refractivity contribution is -0.176. The van der Waals surface area contributed by atoms with Crippen LogP contribution in [-0.4, -0.2) is 12.1 Å². The van der Waals surface area contributed by atoms with Crippen molar-refractivity contribution in [1.29, 1.82) is 0 Å². The molecule has 1 saturated carbocycles. The Balaban J connectivity index is 1.40. The highest BCUT2D eigenvalue weighted by Gasteiger charge is 2.37. The highest BCUT2D eigenvalue weighted by molar-refractivity contribution is 5.75. The molecule has 4 heteroatoms. The van der Waals surface area contributed by atoms with Gasteiger partial charge in [0.1, 0.15) is 6.10 Å². The lowest BCUT2D eigenvalue weighted by Gasteiger charge is -2.37. The Bertz CT molecular complexity index is 769. The summed E-state index contributed by atoms with van der Waals surface area (Å²) < 4.78 is 31.7. The van der Waals surface area contributed by atoms with Crippen LogP contribution in [0.2, 0.25) is 0 Å². The standard InChI is InChI=1S/C21H20F2O2/c22-18-10-9-17(11-19(18)23)15-3-1-13(2-4-15)14-5-7-16(8-6-14)20-12-21(24)25-20/h1-4,9-11,14,16,20H,5-8,12H2. The Labute approximate surface area is 145 Å². The summed E-state index contributed by atoms with van der Waals surface area (Å²) in [6, 6.07) is 12.1. The highest BCUT2D eigenvalue weighted by Crippen LogP contribution is 2.40. The number of esters is 1. The first-order chi connectivity index (χ1) is 12.1. The van der Waals surface area contributed by atoms with Gasteiger partial charge in [0.2, 0.25) is 0 Å². The normalized spacial score (nSPS) is 26.0. The van der Waals surface area contributed by atoms with Gasteiger partial charge in [0.25, 0.3) is 0 Å². The number of carbonyl (C=O) groups is 1. The van der Waals surface area contributed by atoms with E-state index in [1.54, 1.807) is 6.07 Å². The van der Waals surface area contributed by atoms with E-state index in [9.17, 15) is 13.6 Å². The monoisotopic (exact) mass is 342 g/mol. The molecule has 2 aliphatic rings. The molecule has 1 heterocycles. The predicted octanol–water partition coefficient (Wildman–Crippen LogP) is 5.22. The average molecular weight is 342 g/mol. The van der Waals surface area contributed by atoms with Crippen LogP contribution in [0.4, 0.5) is 8.78 Å². The molecule has 4 rings (SSSR count). The van der Waals surface area contributed by atoms with Crippen LogP contribution in [0.3, 0.4) is 0 Å².